The molecular weight excluding hydrogens is 242 g/mol. The maximum atomic E-state index is 6.06. The van der Waals surface area contributed by atoms with Gasteiger partial charge in [-0.05, 0) is 31.1 Å². The summed E-state index contributed by atoms with van der Waals surface area (Å²) in [6, 6.07) is 0. The van der Waals surface area contributed by atoms with Crippen molar-refractivity contribution in [1.29, 1.82) is 0 Å². The van der Waals surface area contributed by atoms with Crippen molar-refractivity contribution in [1.82, 2.24) is 20.2 Å². The first kappa shape index (κ1) is 12.2. The van der Waals surface area contributed by atoms with E-state index < -0.39 is 0 Å². The third-order valence-electron chi connectivity index (χ3n) is 3.71. The largest absolute Gasteiger partial charge is 0.474 e. The third-order valence-corrected chi connectivity index (χ3v) is 3.71. The SMILES string of the molecule is CC1CC(C)CC(Oc2nc(N)nc3[nH]ncc23)C1. The highest BCUT2D eigenvalue weighted by Crippen LogP contribution is 2.32. The van der Waals surface area contributed by atoms with Crippen molar-refractivity contribution >= 4 is 17.0 Å². The third kappa shape index (κ3) is 2.47. The zero-order valence-electron chi connectivity index (χ0n) is 11.3. The molecule has 0 spiro atoms. The summed E-state index contributed by atoms with van der Waals surface area (Å²) in [7, 11) is 0. The molecule has 1 aliphatic carbocycles. The first-order chi connectivity index (χ1) is 9.11. The summed E-state index contributed by atoms with van der Waals surface area (Å²) < 4.78 is 6.06. The van der Waals surface area contributed by atoms with Crippen LogP contribution in [0, 0.1) is 11.8 Å². The fourth-order valence-electron chi connectivity index (χ4n) is 3.04. The molecule has 1 saturated carbocycles. The Bertz CT molecular complexity index is 571. The summed E-state index contributed by atoms with van der Waals surface area (Å²) in [6.45, 7) is 4.54. The second-order valence-electron chi connectivity index (χ2n) is 5.68. The maximum Gasteiger partial charge on any atom is 0.229 e. The van der Waals surface area contributed by atoms with Crippen LogP contribution in [0.4, 0.5) is 5.95 Å². The summed E-state index contributed by atoms with van der Waals surface area (Å²) in [5, 5.41) is 7.55. The monoisotopic (exact) mass is 261 g/mol. The summed E-state index contributed by atoms with van der Waals surface area (Å²) in [6.07, 6.45) is 5.28. The van der Waals surface area contributed by atoms with E-state index in [1.165, 1.54) is 6.42 Å². The van der Waals surface area contributed by atoms with Gasteiger partial charge in [-0.1, -0.05) is 13.8 Å². The number of anilines is 1. The predicted molar refractivity (Wildman–Crippen MR) is 72.7 cm³/mol. The summed E-state index contributed by atoms with van der Waals surface area (Å²) >= 11 is 0. The van der Waals surface area contributed by atoms with E-state index in [9.17, 15) is 0 Å². The molecule has 0 amide bonds. The normalized spacial score (nSPS) is 27.6. The van der Waals surface area contributed by atoms with Crippen LogP contribution in [0.3, 0.4) is 0 Å². The van der Waals surface area contributed by atoms with Gasteiger partial charge >= 0.3 is 0 Å². The maximum absolute atomic E-state index is 6.06. The van der Waals surface area contributed by atoms with Gasteiger partial charge in [0.15, 0.2) is 5.65 Å². The zero-order chi connectivity index (χ0) is 13.4. The lowest BCUT2D eigenvalue weighted by atomic mass is 9.82. The molecule has 0 bridgehead atoms. The molecule has 0 saturated heterocycles. The molecule has 2 unspecified atom stereocenters. The van der Waals surface area contributed by atoms with Crippen LogP contribution >= 0.6 is 0 Å². The van der Waals surface area contributed by atoms with E-state index >= 15 is 0 Å². The quantitative estimate of drug-likeness (QED) is 0.864. The molecule has 1 fully saturated rings. The lowest BCUT2D eigenvalue weighted by molar-refractivity contribution is 0.0983. The Morgan fingerprint density at radius 1 is 1.21 bits per heavy atom. The van der Waals surface area contributed by atoms with Crippen molar-refractivity contribution in [3.05, 3.63) is 6.20 Å². The van der Waals surface area contributed by atoms with Crippen molar-refractivity contribution in [3.8, 4) is 5.88 Å². The van der Waals surface area contributed by atoms with Gasteiger partial charge in [-0.2, -0.15) is 15.1 Å². The van der Waals surface area contributed by atoms with Gasteiger partial charge in [0.2, 0.25) is 11.8 Å². The van der Waals surface area contributed by atoms with E-state index in [2.05, 4.69) is 34.0 Å². The van der Waals surface area contributed by atoms with Gasteiger partial charge in [0.25, 0.3) is 0 Å². The molecular formula is C13H19N5O. The van der Waals surface area contributed by atoms with E-state index in [1.807, 2.05) is 0 Å². The minimum Gasteiger partial charge on any atom is -0.474 e. The van der Waals surface area contributed by atoms with Crippen LogP contribution in [-0.4, -0.2) is 26.3 Å². The first-order valence-electron chi connectivity index (χ1n) is 6.75. The van der Waals surface area contributed by atoms with E-state index in [0.29, 0.717) is 23.4 Å². The van der Waals surface area contributed by atoms with Gasteiger partial charge in [0, 0.05) is 0 Å². The van der Waals surface area contributed by atoms with Crippen LogP contribution in [0.25, 0.3) is 11.0 Å². The minimum absolute atomic E-state index is 0.200. The number of aromatic amines is 1. The lowest BCUT2D eigenvalue weighted by Gasteiger charge is -2.31. The van der Waals surface area contributed by atoms with Gasteiger partial charge in [-0.15, -0.1) is 0 Å². The molecule has 3 N–H and O–H groups in total. The number of hydrogen-bond acceptors (Lipinski definition) is 5. The highest BCUT2D eigenvalue weighted by atomic mass is 16.5. The number of hydrogen-bond donors (Lipinski definition) is 2. The predicted octanol–water partition coefficient (Wildman–Crippen LogP) is 2.14. The Hall–Kier alpha value is -1.85. The molecule has 6 nitrogen and oxygen atoms in total. The molecule has 2 atom stereocenters. The second-order valence-corrected chi connectivity index (χ2v) is 5.68. The Morgan fingerprint density at radius 2 is 1.95 bits per heavy atom. The van der Waals surface area contributed by atoms with Gasteiger partial charge in [0.05, 0.1) is 6.20 Å². The summed E-state index contributed by atoms with van der Waals surface area (Å²) in [4.78, 5) is 8.29. The molecule has 19 heavy (non-hydrogen) atoms. The summed E-state index contributed by atoms with van der Waals surface area (Å²) in [5.74, 6) is 2.13. The molecule has 6 heteroatoms. The number of fused-ring (bicyclic) bond motifs is 1. The second kappa shape index (κ2) is 4.68. The number of H-pyrrole nitrogens is 1. The number of rotatable bonds is 2. The van der Waals surface area contributed by atoms with E-state index in [0.717, 1.165) is 18.2 Å². The molecule has 0 aliphatic heterocycles. The Kier molecular flexibility index (Phi) is 3.00. The highest BCUT2D eigenvalue weighted by Gasteiger charge is 2.26. The molecule has 102 valence electrons. The van der Waals surface area contributed by atoms with Gasteiger partial charge in [0.1, 0.15) is 11.5 Å². The topological polar surface area (TPSA) is 89.7 Å². The average molecular weight is 261 g/mol. The average Bonchev–Trinajstić information content (AvgIpc) is 2.75. The van der Waals surface area contributed by atoms with Crippen molar-refractivity contribution in [3.63, 3.8) is 0 Å². The van der Waals surface area contributed by atoms with E-state index in [1.54, 1.807) is 6.20 Å². The van der Waals surface area contributed by atoms with Gasteiger partial charge < -0.3 is 10.5 Å². The van der Waals surface area contributed by atoms with Crippen LogP contribution in [0.2, 0.25) is 0 Å². The number of aromatic nitrogens is 4. The van der Waals surface area contributed by atoms with Crippen molar-refractivity contribution in [2.75, 3.05) is 5.73 Å². The molecule has 0 radical (unpaired) electrons. The standard InChI is InChI=1S/C13H19N5O/c1-7-3-8(2)5-9(4-7)19-12-10-6-15-18-11(10)16-13(14)17-12/h6-9H,3-5H2,1-2H3,(H3,14,15,16,17,18). The highest BCUT2D eigenvalue weighted by molar-refractivity contribution is 5.80. The molecule has 3 rings (SSSR count). The van der Waals surface area contributed by atoms with E-state index in [4.69, 9.17) is 10.5 Å². The van der Waals surface area contributed by atoms with Crippen LogP contribution in [-0.2, 0) is 0 Å². The van der Waals surface area contributed by atoms with Gasteiger partial charge in [-0.3, -0.25) is 5.10 Å². The number of nitrogens with two attached hydrogens (primary N) is 1. The molecule has 2 aromatic rings. The summed E-state index contributed by atoms with van der Waals surface area (Å²) in [5.41, 5.74) is 6.32. The van der Waals surface area contributed by atoms with Crippen LogP contribution in [0.5, 0.6) is 5.88 Å². The van der Waals surface area contributed by atoms with Crippen LogP contribution in [0.1, 0.15) is 33.1 Å². The van der Waals surface area contributed by atoms with Crippen molar-refractivity contribution < 1.29 is 4.74 Å². The Labute approximate surface area is 111 Å². The number of nitrogen functional groups attached to an aromatic ring is 1. The number of nitrogens with one attached hydrogen (secondary N) is 1. The molecule has 0 aromatic carbocycles. The number of nitrogens with zero attached hydrogens (tertiary/aromatic N) is 3. The molecule has 2 heterocycles. The van der Waals surface area contributed by atoms with Crippen molar-refractivity contribution in [2.45, 2.75) is 39.2 Å². The minimum atomic E-state index is 0.200. The smallest absolute Gasteiger partial charge is 0.229 e. The number of ether oxygens (including phenoxy) is 1. The Morgan fingerprint density at radius 3 is 2.68 bits per heavy atom. The Balaban J connectivity index is 1.86. The van der Waals surface area contributed by atoms with Crippen molar-refractivity contribution in [2.24, 2.45) is 11.8 Å². The van der Waals surface area contributed by atoms with Crippen LogP contribution < -0.4 is 10.5 Å². The van der Waals surface area contributed by atoms with Gasteiger partial charge in [-0.25, -0.2) is 0 Å². The van der Waals surface area contributed by atoms with Crippen LogP contribution in [0.15, 0.2) is 6.20 Å². The zero-order valence-corrected chi connectivity index (χ0v) is 11.3. The fourth-order valence-corrected chi connectivity index (χ4v) is 3.04. The fraction of sp³-hybridized carbons (Fsp3) is 0.615. The first-order valence-corrected chi connectivity index (χ1v) is 6.75. The molecule has 1 aliphatic rings. The van der Waals surface area contributed by atoms with E-state index in [-0.39, 0.29) is 12.1 Å². The lowest BCUT2D eigenvalue weighted by Crippen LogP contribution is -2.28. The molecule has 2 aromatic heterocycles.